The molecule has 50 heavy (non-hydrogen) atoms. The Bertz CT molecular complexity index is 1840. The largest absolute Gasteiger partial charge is 0.455 e. The van der Waals surface area contributed by atoms with E-state index in [9.17, 15) is 24.3 Å². The van der Waals surface area contributed by atoms with Crippen molar-refractivity contribution in [2.24, 2.45) is 11.8 Å². The lowest BCUT2D eigenvalue weighted by atomic mass is 9.74. The van der Waals surface area contributed by atoms with E-state index < -0.39 is 65.6 Å². The van der Waals surface area contributed by atoms with Gasteiger partial charge in [0.05, 0.1) is 36.2 Å². The fraction of sp³-hybridized carbons (Fsp3) is 0.459. The van der Waals surface area contributed by atoms with Crippen molar-refractivity contribution < 1.29 is 33.8 Å². The van der Waals surface area contributed by atoms with Crippen molar-refractivity contribution in [1.29, 1.82) is 0 Å². The predicted molar refractivity (Wildman–Crippen MR) is 181 cm³/mol. The Labute approximate surface area is 290 Å². The summed E-state index contributed by atoms with van der Waals surface area (Å²) in [5, 5.41) is 19.1. The normalized spacial score (nSPS) is 31.4. The van der Waals surface area contributed by atoms with Gasteiger partial charge >= 0.3 is 5.97 Å². The lowest BCUT2D eigenvalue weighted by molar-refractivity contribution is -0.164. The van der Waals surface area contributed by atoms with Gasteiger partial charge in [-0.15, -0.1) is 5.10 Å². The summed E-state index contributed by atoms with van der Waals surface area (Å²) in [7, 11) is 1.69. The zero-order chi connectivity index (χ0) is 35.2. The van der Waals surface area contributed by atoms with Gasteiger partial charge in [-0.2, -0.15) is 0 Å². The molecule has 4 aliphatic rings. The number of ether oxygens (including phenoxy) is 2. The number of esters is 1. The average molecular weight is 683 g/mol. The molecule has 0 unspecified atom stereocenters. The minimum Gasteiger partial charge on any atom is -0.455 e. The minimum atomic E-state index is -1.47. The monoisotopic (exact) mass is 682 g/mol. The number of likely N-dealkylation sites (tertiary alicyclic amines) is 1. The van der Waals surface area contributed by atoms with Gasteiger partial charge in [-0.05, 0) is 37.5 Å². The number of amides is 3. The first-order valence-electron chi connectivity index (χ1n) is 17.2. The van der Waals surface area contributed by atoms with Crippen LogP contribution in [-0.4, -0.2) is 109 Å². The van der Waals surface area contributed by atoms with Crippen molar-refractivity contribution in [2.75, 3.05) is 20.2 Å². The van der Waals surface area contributed by atoms with Gasteiger partial charge in [-0.3, -0.25) is 19.2 Å². The zero-order valence-electron chi connectivity index (χ0n) is 28.4. The molecule has 2 fully saturated rings. The second-order valence-corrected chi connectivity index (χ2v) is 13.5. The summed E-state index contributed by atoms with van der Waals surface area (Å²) in [6, 6.07) is 14.2. The molecule has 1 spiro atoms. The number of benzene rings is 2. The molecule has 0 saturated carbocycles. The van der Waals surface area contributed by atoms with Crippen LogP contribution in [0.3, 0.4) is 0 Å². The van der Waals surface area contributed by atoms with E-state index in [1.807, 2.05) is 80.6 Å². The highest BCUT2D eigenvalue weighted by Gasteiger charge is 2.74. The Hall–Kier alpha value is -4.88. The quantitative estimate of drug-likeness (QED) is 0.306. The number of fused-ring (bicyclic) bond motifs is 3. The van der Waals surface area contributed by atoms with Gasteiger partial charge in [0, 0.05) is 20.0 Å². The molecule has 1 N–H and O–H groups in total. The van der Waals surface area contributed by atoms with Gasteiger partial charge in [0.25, 0.3) is 5.91 Å². The molecule has 5 bridgehead atoms. The number of aliphatic hydroxyl groups is 1. The Kier molecular flexibility index (Phi) is 9.04. The molecule has 2 aromatic carbocycles. The summed E-state index contributed by atoms with van der Waals surface area (Å²) in [6.45, 7) is 3.44. The van der Waals surface area contributed by atoms with Crippen molar-refractivity contribution in [2.45, 2.75) is 75.7 Å². The predicted octanol–water partition coefficient (Wildman–Crippen LogP) is 2.62. The number of hydrogen-bond acceptors (Lipinski definition) is 9. The summed E-state index contributed by atoms with van der Waals surface area (Å²) in [5.41, 5.74) is 0.624. The van der Waals surface area contributed by atoms with Crippen LogP contribution in [0.5, 0.6) is 0 Å². The van der Waals surface area contributed by atoms with Gasteiger partial charge < -0.3 is 29.3 Å². The Morgan fingerprint density at radius 2 is 1.78 bits per heavy atom. The van der Waals surface area contributed by atoms with Crippen molar-refractivity contribution in [3.63, 3.8) is 0 Å². The number of cyclic esters (lactones) is 1. The van der Waals surface area contributed by atoms with Crippen LogP contribution in [0.15, 0.2) is 78.9 Å². The molecule has 8 atom stereocenters. The number of nitrogens with zero attached hydrogens (tertiary/aromatic N) is 6. The number of carbonyl (C=O) groups is 4. The van der Waals surface area contributed by atoms with Crippen LogP contribution in [0.2, 0.25) is 0 Å². The van der Waals surface area contributed by atoms with Crippen molar-refractivity contribution in [3.8, 4) is 0 Å². The molecule has 1 aromatic heterocycles. The summed E-state index contributed by atoms with van der Waals surface area (Å²) >= 11 is 0. The summed E-state index contributed by atoms with van der Waals surface area (Å²) in [4.78, 5) is 62.0. The van der Waals surface area contributed by atoms with Crippen molar-refractivity contribution >= 4 is 34.7 Å². The first-order chi connectivity index (χ1) is 24.2. The lowest BCUT2D eigenvalue weighted by Gasteiger charge is -2.38. The van der Waals surface area contributed by atoms with E-state index in [4.69, 9.17) is 9.47 Å². The third-order valence-electron chi connectivity index (χ3n) is 10.8. The van der Waals surface area contributed by atoms with E-state index in [2.05, 4.69) is 10.3 Å². The molecule has 0 radical (unpaired) electrons. The highest BCUT2D eigenvalue weighted by Crippen LogP contribution is 2.56. The molecule has 3 aromatic rings. The molecule has 13 nitrogen and oxygen atoms in total. The van der Waals surface area contributed by atoms with Crippen molar-refractivity contribution in [3.05, 3.63) is 84.5 Å². The average Bonchev–Trinajstić information content (AvgIpc) is 3.89. The van der Waals surface area contributed by atoms with Crippen LogP contribution in [0.25, 0.3) is 11.0 Å². The third-order valence-corrected chi connectivity index (χ3v) is 10.8. The Balaban J connectivity index is 1.33. The van der Waals surface area contributed by atoms with Crippen LogP contribution in [0, 0.1) is 11.8 Å². The van der Waals surface area contributed by atoms with Gasteiger partial charge in [0.1, 0.15) is 35.9 Å². The van der Waals surface area contributed by atoms with E-state index >= 15 is 0 Å². The SMILES string of the molecule is CC[C@@H](CO)N1C(=O)[C@@H]2[C@H]3C(=O)O[C@@H](c4ccccc4)[C@H](C)N(C)C(=O)CC/C=C\CN(Cn4nnc5ccccc54)C(=O)[C@@H]1[C@]21C=C[C@H]3O1. The smallest absolute Gasteiger partial charge is 0.313 e. The molecular weight excluding hydrogens is 640 g/mol. The first kappa shape index (κ1) is 33.6. The van der Waals surface area contributed by atoms with Gasteiger partial charge in [-0.25, -0.2) is 4.68 Å². The third kappa shape index (κ3) is 5.48. The second-order valence-electron chi connectivity index (χ2n) is 13.5. The maximum absolute atomic E-state index is 15.0. The van der Waals surface area contributed by atoms with Crippen LogP contribution in [0.1, 0.15) is 44.8 Å². The van der Waals surface area contributed by atoms with Gasteiger partial charge in [-0.1, -0.05) is 78.9 Å². The van der Waals surface area contributed by atoms with E-state index in [0.29, 0.717) is 23.9 Å². The topological polar surface area (TPSA) is 147 Å². The molecule has 7 rings (SSSR count). The highest BCUT2D eigenvalue weighted by atomic mass is 16.6. The summed E-state index contributed by atoms with van der Waals surface area (Å²) in [6.07, 6.45) is 6.53. The number of allylic oxidation sites excluding steroid dienone is 1. The van der Waals surface area contributed by atoms with E-state index in [1.165, 1.54) is 4.90 Å². The lowest BCUT2D eigenvalue weighted by Crippen LogP contribution is -2.58. The van der Waals surface area contributed by atoms with E-state index in [0.717, 1.165) is 5.52 Å². The van der Waals surface area contributed by atoms with Crippen LogP contribution >= 0.6 is 0 Å². The summed E-state index contributed by atoms with van der Waals surface area (Å²) < 4.78 is 14.5. The number of hydrogen-bond donors (Lipinski definition) is 1. The molecule has 262 valence electrons. The highest BCUT2D eigenvalue weighted by molar-refractivity contribution is 5.99. The van der Waals surface area contributed by atoms with E-state index in [1.54, 1.807) is 33.7 Å². The minimum absolute atomic E-state index is 0.00936. The second kappa shape index (κ2) is 13.4. The number of aliphatic hydroxyl groups excluding tert-OH is 1. The molecular formula is C37H42N6O7. The molecule has 5 heterocycles. The standard InChI is InChI=1S/C37H42N6O7/c1-4-25(21-44)43-33-35(47)41(22-42-27-16-11-10-15-26(27)38-39-42)20-12-6-9-17-29(45)40(3)23(2)32(24-13-7-5-8-14-24)49-36(48)30-28-18-19-37(33,50-28)31(30)34(43)46/h5-8,10-16,18-19,23,25,28,30-33,44H,4,9,17,20-22H2,1-3H3/b12-6-/t23-,25-,28+,30-,31-,32+,33+,37-/m0/s1. The van der Waals surface area contributed by atoms with Crippen LogP contribution in [0.4, 0.5) is 0 Å². The number of rotatable bonds is 6. The molecule has 13 heteroatoms. The van der Waals surface area contributed by atoms with Crippen LogP contribution in [-0.2, 0) is 35.3 Å². The van der Waals surface area contributed by atoms with Crippen molar-refractivity contribution in [1.82, 2.24) is 29.7 Å². The summed E-state index contributed by atoms with van der Waals surface area (Å²) in [5.74, 6) is -3.76. The Morgan fingerprint density at radius 1 is 1.02 bits per heavy atom. The zero-order valence-corrected chi connectivity index (χ0v) is 28.4. The maximum atomic E-state index is 15.0. The number of aromatic nitrogens is 3. The molecule has 3 amide bonds. The Morgan fingerprint density at radius 3 is 2.54 bits per heavy atom. The number of carbonyl (C=O) groups excluding carboxylic acids is 4. The molecule has 4 aliphatic heterocycles. The number of likely N-dealkylation sites (N-methyl/N-ethyl adjacent to an activating group) is 1. The number of para-hydroxylation sites is 1. The van der Waals surface area contributed by atoms with Gasteiger partial charge in [0.15, 0.2) is 0 Å². The fourth-order valence-electron chi connectivity index (χ4n) is 7.96. The first-order valence-corrected chi connectivity index (χ1v) is 17.2. The van der Waals surface area contributed by atoms with E-state index in [-0.39, 0.29) is 32.1 Å². The fourth-order valence-corrected chi connectivity index (χ4v) is 7.96. The molecule has 2 saturated heterocycles. The maximum Gasteiger partial charge on any atom is 0.313 e. The van der Waals surface area contributed by atoms with Gasteiger partial charge in [0.2, 0.25) is 11.8 Å². The van der Waals surface area contributed by atoms with Crippen LogP contribution < -0.4 is 0 Å². The molecule has 0 aliphatic carbocycles.